The lowest BCUT2D eigenvalue weighted by atomic mass is 10.3. The zero-order chi connectivity index (χ0) is 12.3. The van der Waals surface area contributed by atoms with Gasteiger partial charge in [-0.05, 0) is 12.8 Å². The van der Waals surface area contributed by atoms with Gasteiger partial charge in [0.15, 0.2) is 0 Å². The SMILES string of the molecule is CCCCOC(CO[SiH3])(OC)OCCCC. The van der Waals surface area contributed by atoms with Crippen molar-refractivity contribution in [2.75, 3.05) is 26.9 Å². The quantitative estimate of drug-likeness (QED) is 0.314. The van der Waals surface area contributed by atoms with Gasteiger partial charge in [0, 0.05) is 7.11 Å². The first kappa shape index (κ1) is 16.1. The van der Waals surface area contributed by atoms with E-state index in [-0.39, 0.29) is 0 Å². The van der Waals surface area contributed by atoms with E-state index < -0.39 is 5.97 Å². The summed E-state index contributed by atoms with van der Waals surface area (Å²) in [5, 5.41) is 0. The maximum absolute atomic E-state index is 5.66. The Kier molecular flexibility index (Phi) is 10.3. The Morgan fingerprint density at radius 3 is 1.81 bits per heavy atom. The molecule has 0 N–H and O–H groups in total. The van der Waals surface area contributed by atoms with Crippen molar-refractivity contribution in [1.29, 1.82) is 0 Å². The van der Waals surface area contributed by atoms with E-state index in [1.807, 2.05) is 0 Å². The molecule has 0 rings (SSSR count). The summed E-state index contributed by atoms with van der Waals surface area (Å²) in [6, 6.07) is 0. The van der Waals surface area contributed by atoms with Gasteiger partial charge in [-0.3, -0.25) is 0 Å². The molecule has 0 heterocycles. The first-order valence-corrected chi connectivity index (χ1v) is 6.88. The maximum Gasteiger partial charge on any atom is 0.306 e. The molecule has 0 amide bonds. The van der Waals surface area contributed by atoms with Crippen LogP contribution in [0.25, 0.3) is 0 Å². The Morgan fingerprint density at radius 2 is 1.50 bits per heavy atom. The Hall–Kier alpha value is 0.0569. The molecule has 5 heteroatoms. The minimum absolute atomic E-state index is 0.350. The summed E-state index contributed by atoms with van der Waals surface area (Å²) >= 11 is 0. The number of hydrogen-bond donors (Lipinski definition) is 0. The van der Waals surface area contributed by atoms with Crippen molar-refractivity contribution >= 4 is 10.5 Å². The Morgan fingerprint density at radius 1 is 1.00 bits per heavy atom. The lowest BCUT2D eigenvalue weighted by Gasteiger charge is -2.31. The molecular formula is C11H26O4Si. The highest BCUT2D eigenvalue weighted by atomic mass is 28.2. The summed E-state index contributed by atoms with van der Waals surface area (Å²) in [6.07, 6.45) is 4.19. The molecule has 0 spiro atoms. The molecule has 0 saturated carbocycles. The second-order valence-electron chi connectivity index (χ2n) is 3.72. The maximum atomic E-state index is 5.66. The van der Waals surface area contributed by atoms with Crippen molar-refractivity contribution < 1.29 is 18.6 Å². The summed E-state index contributed by atoms with van der Waals surface area (Å²) in [7, 11) is 2.25. The van der Waals surface area contributed by atoms with Crippen LogP contribution in [0.1, 0.15) is 39.5 Å². The van der Waals surface area contributed by atoms with E-state index in [4.69, 9.17) is 18.6 Å². The number of hydrogen-bond acceptors (Lipinski definition) is 4. The molecule has 0 saturated heterocycles. The fourth-order valence-corrected chi connectivity index (χ4v) is 1.58. The molecule has 0 aromatic rings. The number of unbranched alkanes of at least 4 members (excludes halogenated alkanes) is 2. The van der Waals surface area contributed by atoms with E-state index in [9.17, 15) is 0 Å². The lowest BCUT2D eigenvalue weighted by molar-refractivity contribution is -0.380. The summed E-state index contributed by atoms with van der Waals surface area (Å²) < 4.78 is 21.9. The minimum Gasteiger partial charge on any atom is -0.420 e. The second-order valence-corrected chi connectivity index (χ2v) is 4.30. The van der Waals surface area contributed by atoms with E-state index in [2.05, 4.69) is 13.8 Å². The molecule has 0 aliphatic heterocycles. The number of rotatable bonds is 11. The van der Waals surface area contributed by atoms with Gasteiger partial charge in [0.25, 0.3) is 0 Å². The Labute approximate surface area is 102 Å². The molecule has 0 fully saturated rings. The van der Waals surface area contributed by atoms with Crippen LogP contribution in [0.15, 0.2) is 0 Å². The van der Waals surface area contributed by atoms with Gasteiger partial charge in [-0.1, -0.05) is 26.7 Å². The van der Waals surface area contributed by atoms with E-state index in [1.54, 1.807) is 7.11 Å². The average Bonchev–Trinajstić information content (AvgIpc) is 2.29. The van der Waals surface area contributed by atoms with Crippen molar-refractivity contribution in [3.63, 3.8) is 0 Å². The van der Waals surface area contributed by atoms with Gasteiger partial charge in [-0.25, -0.2) is 0 Å². The molecule has 0 aliphatic rings. The Bertz CT molecular complexity index is 145. The molecule has 0 atom stereocenters. The van der Waals surface area contributed by atoms with Crippen molar-refractivity contribution in [2.24, 2.45) is 0 Å². The second kappa shape index (κ2) is 10.2. The highest BCUT2D eigenvalue weighted by Crippen LogP contribution is 2.16. The van der Waals surface area contributed by atoms with E-state index in [0.29, 0.717) is 30.3 Å². The van der Waals surface area contributed by atoms with Gasteiger partial charge >= 0.3 is 5.97 Å². The van der Waals surface area contributed by atoms with Gasteiger partial charge in [0.05, 0.1) is 13.2 Å². The predicted molar refractivity (Wildman–Crippen MR) is 67.4 cm³/mol. The lowest BCUT2D eigenvalue weighted by Crippen LogP contribution is -2.43. The van der Waals surface area contributed by atoms with E-state index >= 15 is 0 Å². The monoisotopic (exact) mass is 250 g/mol. The molecule has 4 nitrogen and oxygen atoms in total. The van der Waals surface area contributed by atoms with Gasteiger partial charge in [0.1, 0.15) is 17.1 Å². The average molecular weight is 250 g/mol. The van der Waals surface area contributed by atoms with Crippen LogP contribution in [-0.4, -0.2) is 43.4 Å². The highest BCUT2D eigenvalue weighted by molar-refractivity contribution is 5.97. The molecule has 0 aromatic carbocycles. The zero-order valence-electron chi connectivity index (χ0n) is 11.1. The summed E-state index contributed by atoms with van der Waals surface area (Å²) in [6.45, 7) is 5.88. The Balaban J connectivity index is 4.09. The fraction of sp³-hybridized carbons (Fsp3) is 1.00. The first-order valence-electron chi connectivity index (χ1n) is 6.06. The van der Waals surface area contributed by atoms with Crippen LogP contribution in [0.2, 0.25) is 0 Å². The minimum atomic E-state index is -0.994. The van der Waals surface area contributed by atoms with Crippen LogP contribution in [0.4, 0.5) is 0 Å². The van der Waals surface area contributed by atoms with Crippen molar-refractivity contribution in [3.05, 3.63) is 0 Å². The molecule has 0 aliphatic carbocycles. The van der Waals surface area contributed by atoms with Gasteiger partial charge < -0.3 is 18.6 Å². The molecule has 0 aromatic heterocycles. The smallest absolute Gasteiger partial charge is 0.306 e. The van der Waals surface area contributed by atoms with Gasteiger partial charge in [-0.15, -0.1) is 0 Å². The van der Waals surface area contributed by atoms with E-state index in [0.717, 1.165) is 25.7 Å². The third-order valence-corrected chi connectivity index (χ3v) is 2.56. The zero-order valence-corrected chi connectivity index (χ0v) is 13.1. The molecule has 0 radical (unpaired) electrons. The first-order chi connectivity index (χ1) is 7.74. The molecule has 0 bridgehead atoms. The molecular weight excluding hydrogens is 224 g/mol. The number of methoxy groups -OCH3 is 1. The summed E-state index contributed by atoms with van der Waals surface area (Å²) in [4.78, 5) is 0. The van der Waals surface area contributed by atoms with Gasteiger partial charge in [-0.2, -0.15) is 0 Å². The number of ether oxygens (including phenoxy) is 3. The fourth-order valence-electron chi connectivity index (χ4n) is 1.22. The normalized spacial score (nSPS) is 12.2. The van der Waals surface area contributed by atoms with Crippen molar-refractivity contribution in [3.8, 4) is 0 Å². The molecule has 16 heavy (non-hydrogen) atoms. The third-order valence-electron chi connectivity index (χ3n) is 2.27. The van der Waals surface area contributed by atoms with Crippen LogP contribution in [0.5, 0.6) is 0 Å². The van der Waals surface area contributed by atoms with E-state index in [1.165, 1.54) is 0 Å². The van der Waals surface area contributed by atoms with Crippen LogP contribution in [0.3, 0.4) is 0 Å². The van der Waals surface area contributed by atoms with Crippen LogP contribution < -0.4 is 0 Å². The standard InChI is InChI=1S/C11H26O4Si/c1-4-6-8-13-11(12-3,10-15-16)14-9-7-5-2/h4-10H2,1-3,16H3. The van der Waals surface area contributed by atoms with Crippen LogP contribution in [-0.2, 0) is 18.6 Å². The van der Waals surface area contributed by atoms with Gasteiger partial charge in [0.2, 0.25) is 0 Å². The largest absolute Gasteiger partial charge is 0.420 e. The third kappa shape index (κ3) is 6.60. The summed E-state index contributed by atoms with van der Waals surface area (Å²) in [5.41, 5.74) is 0. The highest BCUT2D eigenvalue weighted by Gasteiger charge is 2.31. The van der Waals surface area contributed by atoms with Crippen molar-refractivity contribution in [1.82, 2.24) is 0 Å². The van der Waals surface area contributed by atoms with Crippen LogP contribution in [0, 0.1) is 0 Å². The molecule has 98 valence electrons. The van der Waals surface area contributed by atoms with Crippen LogP contribution >= 0.6 is 0 Å². The predicted octanol–water partition coefficient (Wildman–Crippen LogP) is 1.22. The molecule has 0 unspecified atom stereocenters. The summed E-state index contributed by atoms with van der Waals surface area (Å²) in [5.74, 6) is -0.994. The topological polar surface area (TPSA) is 36.9 Å². The van der Waals surface area contributed by atoms with Crippen molar-refractivity contribution in [2.45, 2.75) is 45.5 Å².